The van der Waals surface area contributed by atoms with Crippen LogP contribution >= 0.6 is 0 Å². The molecule has 108 valence electrons. The van der Waals surface area contributed by atoms with E-state index in [0.717, 1.165) is 17.5 Å². The van der Waals surface area contributed by atoms with Gasteiger partial charge >= 0.3 is 0 Å². The maximum absolute atomic E-state index is 8.83. The van der Waals surface area contributed by atoms with Gasteiger partial charge in [0, 0.05) is 65.4 Å². The van der Waals surface area contributed by atoms with E-state index >= 15 is 0 Å². The first-order valence-corrected chi connectivity index (χ1v) is 6.32. The van der Waals surface area contributed by atoms with E-state index in [1.807, 2.05) is 24.3 Å². The fourth-order valence-corrected chi connectivity index (χ4v) is 1.50. The van der Waals surface area contributed by atoms with E-state index in [2.05, 4.69) is 39.8 Å². The van der Waals surface area contributed by atoms with E-state index in [-0.39, 0.29) is 65.4 Å². The van der Waals surface area contributed by atoms with E-state index in [0.29, 0.717) is 5.75 Å². The number of benzene rings is 2. The average molecular weight is 431 g/mol. The number of phenols is 1. The number of aromatic hydroxyl groups is 1. The van der Waals surface area contributed by atoms with Gasteiger partial charge in [-0.05, 0) is 12.1 Å². The molecule has 1 N–H and O–H groups in total. The third-order valence-corrected chi connectivity index (χ3v) is 2.76. The number of hydrogen-bond donors (Lipinski definition) is 1. The molecule has 2 aromatic rings. The molecule has 0 spiro atoms. The Morgan fingerprint density at radius 2 is 1.38 bits per heavy atom. The molecule has 0 fully saturated rings. The van der Waals surface area contributed by atoms with E-state index in [4.69, 9.17) is 5.11 Å². The van der Waals surface area contributed by atoms with Gasteiger partial charge < -0.3 is 12.0 Å². The van der Waals surface area contributed by atoms with Crippen LogP contribution in [0.25, 0.3) is 0 Å². The Hall–Kier alpha value is 0.188. The Morgan fingerprint density at radius 3 is 1.76 bits per heavy atom. The molecule has 2 aromatic carbocycles. The summed E-state index contributed by atoms with van der Waals surface area (Å²) in [5.41, 5.74) is 3.52. The van der Waals surface area contributed by atoms with Gasteiger partial charge in [-0.3, -0.25) is 0 Å². The van der Waals surface area contributed by atoms with Crippen molar-refractivity contribution in [3.8, 4) is 5.75 Å². The molecule has 0 heterocycles. The Morgan fingerprint density at radius 1 is 0.905 bits per heavy atom. The van der Waals surface area contributed by atoms with Crippen LogP contribution in [0, 0.1) is 19.8 Å². The summed E-state index contributed by atoms with van der Waals surface area (Å²) < 4.78 is 0. The summed E-state index contributed by atoms with van der Waals surface area (Å²) in [7, 11) is 0. The Bertz CT molecular complexity index is 476. The molecule has 3 heteroatoms. The SMILES string of the molecule is [CH2-]Cc1ccc(O)cc1.[CH2-]c1ccc([C-](C)C)cc1.[Y].[Y]. The van der Waals surface area contributed by atoms with Gasteiger partial charge in [0.25, 0.3) is 0 Å². The fourth-order valence-electron chi connectivity index (χ4n) is 1.50. The first-order chi connectivity index (χ1) is 9.02. The van der Waals surface area contributed by atoms with Crippen molar-refractivity contribution in [2.24, 2.45) is 0 Å². The van der Waals surface area contributed by atoms with Crippen LogP contribution in [0.5, 0.6) is 5.75 Å². The normalized spacial score (nSPS) is 8.52. The Kier molecular flexibility index (Phi) is 14.2. The van der Waals surface area contributed by atoms with Crippen LogP contribution in [0.2, 0.25) is 0 Å². The first-order valence-electron chi connectivity index (χ1n) is 6.32. The van der Waals surface area contributed by atoms with Crippen molar-refractivity contribution >= 4 is 0 Å². The quantitative estimate of drug-likeness (QED) is 0.690. The molecule has 0 aliphatic carbocycles. The second-order valence-corrected chi connectivity index (χ2v) is 4.61. The van der Waals surface area contributed by atoms with Gasteiger partial charge in [-0.2, -0.15) is 12.3 Å². The van der Waals surface area contributed by atoms with Crippen LogP contribution in [0.15, 0.2) is 48.5 Å². The molecule has 0 saturated carbocycles. The van der Waals surface area contributed by atoms with Crippen molar-refractivity contribution in [3.05, 3.63) is 85.0 Å². The minimum absolute atomic E-state index is 0. The molecular formula is C18H21OY2-3. The van der Waals surface area contributed by atoms with Gasteiger partial charge in [0.15, 0.2) is 0 Å². The van der Waals surface area contributed by atoms with Gasteiger partial charge in [-0.25, -0.2) is 42.3 Å². The van der Waals surface area contributed by atoms with Crippen LogP contribution in [-0.2, 0) is 71.8 Å². The van der Waals surface area contributed by atoms with Crippen molar-refractivity contribution in [1.82, 2.24) is 0 Å². The molecular weight excluding hydrogens is 410 g/mol. The average Bonchev–Trinajstić information content (AvgIpc) is 2.41. The van der Waals surface area contributed by atoms with Crippen molar-refractivity contribution in [2.45, 2.75) is 20.3 Å². The third kappa shape index (κ3) is 9.74. The fraction of sp³-hybridized carbons (Fsp3) is 0.167. The molecule has 21 heavy (non-hydrogen) atoms. The molecule has 0 unspecified atom stereocenters. The molecule has 0 aliphatic rings. The molecule has 2 radical (unpaired) electrons. The maximum atomic E-state index is 8.83. The summed E-state index contributed by atoms with van der Waals surface area (Å²) in [6.45, 7) is 11.7. The smallest absolute Gasteiger partial charge is 0.115 e. The summed E-state index contributed by atoms with van der Waals surface area (Å²) >= 11 is 0. The molecule has 0 aromatic heterocycles. The molecule has 0 amide bonds. The summed E-state index contributed by atoms with van der Waals surface area (Å²) in [5, 5.41) is 8.83. The van der Waals surface area contributed by atoms with Gasteiger partial charge in [0.1, 0.15) is 5.75 Å². The van der Waals surface area contributed by atoms with Crippen LogP contribution in [0.1, 0.15) is 30.5 Å². The van der Waals surface area contributed by atoms with Gasteiger partial charge in [0.2, 0.25) is 0 Å². The monoisotopic (exact) mass is 431 g/mol. The number of hydrogen-bond acceptors (Lipinski definition) is 1. The summed E-state index contributed by atoms with van der Waals surface area (Å²) in [6.07, 6.45) is 0.778. The topological polar surface area (TPSA) is 20.2 Å². The predicted molar refractivity (Wildman–Crippen MR) is 81.8 cm³/mol. The summed E-state index contributed by atoms with van der Waals surface area (Å²) in [6, 6.07) is 15.3. The zero-order valence-electron chi connectivity index (χ0n) is 12.8. The zero-order valence-corrected chi connectivity index (χ0v) is 18.5. The summed E-state index contributed by atoms with van der Waals surface area (Å²) in [5.74, 6) is 1.66. The standard InChI is InChI=1S/C10H12.C8H9O.2Y/c1-8(2)10-6-4-9(3)5-7-10;1-2-7-3-5-8(9)6-4-7;;/h4-7H,3H2,1-2H3;3-6,9H,1-2H2;;/q-2;-1;;. The van der Waals surface area contributed by atoms with Gasteiger partial charge in [-0.1, -0.05) is 31.5 Å². The first kappa shape index (κ1) is 23.5. The third-order valence-electron chi connectivity index (χ3n) is 2.76. The predicted octanol–water partition coefficient (Wildman–Crippen LogP) is 4.59. The van der Waals surface area contributed by atoms with Crippen molar-refractivity contribution in [1.29, 1.82) is 0 Å². The van der Waals surface area contributed by atoms with Crippen LogP contribution < -0.4 is 0 Å². The summed E-state index contributed by atoms with van der Waals surface area (Å²) in [4.78, 5) is 0. The molecule has 2 rings (SSSR count). The van der Waals surface area contributed by atoms with E-state index in [1.165, 1.54) is 11.5 Å². The van der Waals surface area contributed by atoms with Crippen molar-refractivity contribution < 1.29 is 70.5 Å². The molecule has 0 atom stereocenters. The minimum atomic E-state index is 0. The number of rotatable bonds is 2. The van der Waals surface area contributed by atoms with Crippen molar-refractivity contribution in [2.75, 3.05) is 0 Å². The van der Waals surface area contributed by atoms with Crippen LogP contribution in [-0.4, -0.2) is 5.11 Å². The van der Waals surface area contributed by atoms with Crippen LogP contribution in [0.3, 0.4) is 0 Å². The van der Waals surface area contributed by atoms with E-state index in [1.54, 1.807) is 12.1 Å². The van der Waals surface area contributed by atoms with E-state index in [9.17, 15) is 0 Å². The molecule has 0 aliphatic heterocycles. The largest absolute Gasteiger partial charge is 0.508 e. The van der Waals surface area contributed by atoms with Crippen LogP contribution in [0.4, 0.5) is 0 Å². The van der Waals surface area contributed by atoms with Crippen molar-refractivity contribution in [3.63, 3.8) is 0 Å². The molecule has 1 nitrogen and oxygen atoms in total. The molecule has 0 saturated heterocycles. The maximum Gasteiger partial charge on any atom is 0.115 e. The van der Waals surface area contributed by atoms with Gasteiger partial charge in [0.05, 0.1) is 0 Å². The molecule has 0 bridgehead atoms. The Labute approximate surface area is 179 Å². The van der Waals surface area contributed by atoms with E-state index < -0.39 is 0 Å². The second kappa shape index (κ2) is 12.7. The second-order valence-electron chi connectivity index (χ2n) is 4.61. The van der Waals surface area contributed by atoms with Gasteiger partial charge in [-0.15, -0.1) is 0 Å². The number of phenolic OH excluding ortho intramolecular Hbond substituents is 1. The Balaban J connectivity index is 0. The zero-order chi connectivity index (χ0) is 14.3. The minimum Gasteiger partial charge on any atom is -0.508 e.